The number of unbranched alkanes of at least 4 members (excludes halogenated alkanes) is 1. The van der Waals surface area contributed by atoms with E-state index in [1.807, 2.05) is 6.07 Å². The lowest BCUT2D eigenvalue weighted by atomic mass is 10.1. The average molecular weight is 183 g/mol. The number of nitrogens with one attached hydrogen (secondary N) is 1. The van der Waals surface area contributed by atoms with Gasteiger partial charge in [-0.3, -0.25) is 9.59 Å². The summed E-state index contributed by atoms with van der Waals surface area (Å²) in [5, 5.41) is 10.7. The van der Waals surface area contributed by atoms with Crippen LogP contribution >= 0.6 is 0 Å². The highest BCUT2D eigenvalue weighted by Crippen LogP contribution is 1.99. The van der Waals surface area contributed by atoms with Gasteiger partial charge in [0.25, 0.3) is 0 Å². The highest BCUT2D eigenvalue weighted by molar-refractivity contribution is 5.85. The second-order valence-electron chi connectivity index (χ2n) is 2.71. The number of hydrogen-bond acceptors (Lipinski definition) is 3. The minimum absolute atomic E-state index is 0.291. The van der Waals surface area contributed by atoms with Crippen LogP contribution in [0, 0.1) is 11.3 Å². The number of carbonyl (C=O) groups is 2. The molecule has 0 aromatic carbocycles. The minimum Gasteiger partial charge on any atom is -0.368 e. The van der Waals surface area contributed by atoms with Gasteiger partial charge < -0.3 is 11.1 Å². The smallest absolute Gasteiger partial charge is 0.239 e. The number of nitrogens with zero attached hydrogens (tertiary/aromatic N) is 1. The second-order valence-corrected chi connectivity index (χ2v) is 2.71. The Morgan fingerprint density at radius 3 is 2.62 bits per heavy atom. The second kappa shape index (κ2) is 6.00. The van der Waals surface area contributed by atoms with Crippen molar-refractivity contribution >= 4 is 11.8 Å². The molecule has 0 saturated carbocycles. The van der Waals surface area contributed by atoms with Crippen LogP contribution in [-0.4, -0.2) is 17.9 Å². The maximum Gasteiger partial charge on any atom is 0.239 e. The molecule has 0 spiro atoms. The highest BCUT2D eigenvalue weighted by Gasteiger charge is 2.14. The Morgan fingerprint density at radius 2 is 2.23 bits per heavy atom. The summed E-state index contributed by atoms with van der Waals surface area (Å²) in [6, 6.07) is 1.30. The molecule has 13 heavy (non-hydrogen) atoms. The third-order valence-electron chi connectivity index (χ3n) is 1.50. The molecular weight excluding hydrogens is 170 g/mol. The van der Waals surface area contributed by atoms with E-state index < -0.39 is 11.9 Å². The van der Waals surface area contributed by atoms with E-state index in [0.29, 0.717) is 19.3 Å². The first-order valence-corrected chi connectivity index (χ1v) is 4.01. The zero-order valence-electron chi connectivity index (χ0n) is 7.54. The molecule has 5 heteroatoms. The van der Waals surface area contributed by atoms with Gasteiger partial charge in [-0.05, 0) is 12.8 Å². The van der Waals surface area contributed by atoms with Crippen molar-refractivity contribution in [3.8, 4) is 6.07 Å². The predicted molar refractivity (Wildman–Crippen MR) is 46.3 cm³/mol. The van der Waals surface area contributed by atoms with Crippen molar-refractivity contribution in [1.29, 1.82) is 5.26 Å². The topological polar surface area (TPSA) is 96.0 Å². The summed E-state index contributed by atoms with van der Waals surface area (Å²) in [5.74, 6) is -0.853. The molecule has 0 heterocycles. The zero-order valence-corrected chi connectivity index (χ0v) is 7.54. The maximum absolute atomic E-state index is 10.8. The number of primary amides is 1. The Balaban J connectivity index is 3.89. The van der Waals surface area contributed by atoms with E-state index in [9.17, 15) is 9.59 Å². The molecule has 0 aliphatic rings. The van der Waals surface area contributed by atoms with Gasteiger partial charge in [0.15, 0.2) is 0 Å². The van der Waals surface area contributed by atoms with Crippen LogP contribution in [0.1, 0.15) is 26.2 Å². The molecule has 72 valence electrons. The van der Waals surface area contributed by atoms with Crippen molar-refractivity contribution < 1.29 is 9.59 Å². The molecule has 0 bridgehead atoms. The van der Waals surface area contributed by atoms with Gasteiger partial charge in [0.05, 0.1) is 6.07 Å². The van der Waals surface area contributed by atoms with Crippen molar-refractivity contribution in [3.63, 3.8) is 0 Å². The van der Waals surface area contributed by atoms with Crippen LogP contribution in [0.5, 0.6) is 0 Å². The van der Waals surface area contributed by atoms with Crippen LogP contribution in [-0.2, 0) is 9.59 Å². The molecule has 0 radical (unpaired) electrons. The van der Waals surface area contributed by atoms with Gasteiger partial charge in [0, 0.05) is 13.3 Å². The third kappa shape index (κ3) is 5.67. The SMILES string of the molecule is CC(=O)N[C@@H](CCCC#N)C(N)=O. The predicted octanol–water partition coefficient (Wildman–Crippen LogP) is -0.330. The molecule has 1 atom stereocenters. The fourth-order valence-electron chi connectivity index (χ4n) is 0.916. The third-order valence-corrected chi connectivity index (χ3v) is 1.50. The summed E-state index contributed by atoms with van der Waals surface area (Å²) >= 11 is 0. The van der Waals surface area contributed by atoms with Crippen molar-refractivity contribution in [2.75, 3.05) is 0 Å². The Labute approximate surface area is 76.9 Å². The highest BCUT2D eigenvalue weighted by atomic mass is 16.2. The molecule has 0 aliphatic carbocycles. The lowest BCUT2D eigenvalue weighted by molar-refractivity contribution is -0.126. The fourth-order valence-corrected chi connectivity index (χ4v) is 0.916. The summed E-state index contributed by atoms with van der Waals surface area (Å²) < 4.78 is 0. The van der Waals surface area contributed by atoms with Gasteiger partial charge in [0.1, 0.15) is 6.04 Å². The monoisotopic (exact) mass is 183 g/mol. The molecule has 0 rings (SSSR count). The van der Waals surface area contributed by atoms with Gasteiger partial charge in [-0.25, -0.2) is 0 Å². The number of amides is 2. The van der Waals surface area contributed by atoms with Crippen LogP contribution < -0.4 is 11.1 Å². The Bertz CT molecular complexity index is 232. The van der Waals surface area contributed by atoms with Crippen molar-refractivity contribution in [2.24, 2.45) is 5.73 Å². The standard InChI is InChI=1S/C8H13N3O2/c1-6(12)11-7(8(10)13)4-2-3-5-9/h7H,2-4H2,1H3,(H2,10,13)(H,11,12)/t7-/m0/s1. The van der Waals surface area contributed by atoms with Gasteiger partial charge in [0.2, 0.25) is 11.8 Å². The molecule has 0 saturated heterocycles. The van der Waals surface area contributed by atoms with Gasteiger partial charge >= 0.3 is 0 Å². The summed E-state index contributed by atoms with van der Waals surface area (Å²) in [4.78, 5) is 21.4. The number of carbonyl (C=O) groups excluding carboxylic acids is 2. The average Bonchev–Trinajstić information content (AvgIpc) is 2.02. The van der Waals surface area contributed by atoms with Gasteiger partial charge in [-0.1, -0.05) is 0 Å². The number of hydrogen-bond donors (Lipinski definition) is 2. The molecule has 0 aromatic heterocycles. The summed E-state index contributed by atoms with van der Waals surface area (Å²) in [7, 11) is 0. The molecular formula is C8H13N3O2. The molecule has 5 nitrogen and oxygen atoms in total. The molecule has 0 unspecified atom stereocenters. The lowest BCUT2D eigenvalue weighted by Crippen LogP contribution is -2.43. The molecule has 2 amide bonds. The maximum atomic E-state index is 10.8. The lowest BCUT2D eigenvalue weighted by Gasteiger charge is -2.12. The first-order chi connectivity index (χ1) is 6.07. The number of nitrogens with two attached hydrogens (primary N) is 1. The molecule has 0 aromatic rings. The summed E-state index contributed by atoms with van der Waals surface area (Å²) in [5.41, 5.74) is 5.03. The quantitative estimate of drug-likeness (QED) is 0.571. The van der Waals surface area contributed by atoms with Crippen LogP contribution in [0.2, 0.25) is 0 Å². The largest absolute Gasteiger partial charge is 0.368 e. The van der Waals surface area contributed by atoms with Gasteiger partial charge in [-0.2, -0.15) is 5.26 Å². The van der Waals surface area contributed by atoms with Crippen LogP contribution in [0.25, 0.3) is 0 Å². The summed E-state index contributed by atoms with van der Waals surface area (Å²) in [6.45, 7) is 1.32. The first-order valence-electron chi connectivity index (χ1n) is 4.01. The van der Waals surface area contributed by atoms with Crippen molar-refractivity contribution in [3.05, 3.63) is 0 Å². The fraction of sp³-hybridized carbons (Fsp3) is 0.625. The summed E-state index contributed by atoms with van der Waals surface area (Å²) in [6.07, 6.45) is 1.34. The van der Waals surface area contributed by atoms with E-state index in [1.54, 1.807) is 0 Å². The van der Waals surface area contributed by atoms with E-state index in [0.717, 1.165) is 0 Å². The van der Waals surface area contributed by atoms with E-state index in [2.05, 4.69) is 5.32 Å². The van der Waals surface area contributed by atoms with Crippen LogP contribution in [0.3, 0.4) is 0 Å². The number of rotatable bonds is 5. The Morgan fingerprint density at radius 1 is 1.62 bits per heavy atom. The van der Waals surface area contributed by atoms with Crippen LogP contribution in [0.15, 0.2) is 0 Å². The molecule has 3 N–H and O–H groups in total. The first kappa shape index (κ1) is 11.4. The zero-order chi connectivity index (χ0) is 10.3. The van der Waals surface area contributed by atoms with Crippen molar-refractivity contribution in [2.45, 2.75) is 32.2 Å². The van der Waals surface area contributed by atoms with E-state index in [4.69, 9.17) is 11.0 Å². The van der Waals surface area contributed by atoms with Crippen LogP contribution in [0.4, 0.5) is 0 Å². The van der Waals surface area contributed by atoms with E-state index in [-0.39, 0.29) is 5.91 Å². The Hall–Kier alpha value is -1.57. The van der Waals surface area contributed by atoms with Gasteiger partial charge in [-0.15, -0.1) is 0 Å². The van der Waals surface area contributed by atoms with E-state index in [1.165, 1.54) is 6.92 Å². The molecule has 0 aliphatic heterocycles. The minimum atomic E-state index is -0.647. The molecule has 0 fully saturated rings. The normalized spacial score (nSPS) is 11.4. The van der Waals surface area contributed by atoms with Crippen molar-refractivity contribution in [1.82, 2.24) is 5.32 Å². The number of nitriles is 1. The van der Waals surface area contributed by atoms with E-state index >= 15 is 0 Å². The Kier molecular flexibility index (Phi) is 5.28.